The molecule has 4 heteroatoms. The molecule has 1 atom stereocenters. The number of benzene rings is 1. The molecule has 0 spiro atoms. The molecule has 2 rings (SSSR count). The number of anilines is 1. The lowest BCUT2D eigenvalue weighted by atomic mass is 9.94. The fourth-order valence-corrected chi connectivity index (χ4v) is 2.62. The Morgan fingerprint density at radius 2 is 2.05 bits per heavy atom. The summed E-state index contributed by atoms with van der Waals surface area (Å²) in [5.41, 5.74) is 1.99. The molecule has 20 heavy (non-hydrogen) atoms. The van der Waals surface area contributed by atoms with Crippen LogP contribution in [0.5, 0.6) is 0 Å². The van der Waals surface area contributed by atoms with Gasteiger partial charge in [0.15, 0.2) is 0 Å². The molecule has 1 fully saturated rings. The maximum atomic E-state index is 10.3. The maximum Gasteiger partial charge on any atom is 0.0895 e. The summed E-state index contributed by atoms with van der Waals surface area (Å²) in [6, 6.07) is 8.64. The molecule has 1 saturated heterocycles. The lowest BCUT2D eigenvalue weighted by Crippen LogP contribution is -2.52. The number of piperidine rings is 1. The van der Waals surface area contributed by atoms with E-state index in [0.29, 0.717) is 13.1 Å². The number of β-amino-alcohol motifs (C(OH)–C–C–N with tert-alkyl or cyclic N) is 1. The van der Waals surface area contributed by atoms with Crippen molar-refractivity contribution in [1.82, 2.24) is 10.6 Å². The summed E-state index contributed by atoms with van der Waals surface area (Å²) in [6.07, 6.45) is 2.95. The summed E-state index contributed by atoms with van der Waals surface area (Å²) >= 11 is 0. The topological polar surface area (TPSA) is 47.5 Å². The number of hydrogen-bond acceptors (Lipinski definition) is 4. The van der Waals surface area contributed by atoms with Crippen LogP contribution in [-0.4, -0.2) is 51.0 Å². The van der Waals surface area contributed by atoms with Crippen molar-refractivity contribution in [2.45, 2.75) is 24.9 Å². The predicted octanol–water partition coefficient (Wildman–Crippen LogP) is 0.999. The molecule has 3 N–H and O–H groups in total. The molecule has 4 nitrogen and oxygen atoms in total. The highest BCUT2D eigenvalue weighted by atomic mass is 16.3. The monoisotopic (exact) mass is 277 g/mol. The Labute approximate surface area is 122 Å². The van der Waals surface area contributed by atoms with Crippen LogP contribution in [0, 0.1) is 0 Å². The fraction of sp³-hybridized carbons (Fsp3) is 0.625. The van der Waals surface area contributed by atoms with Gasteiger partial charge in [-0.25, -0.2) is 0 Å². The molecule has 0 saturated carbocycles. The van der Waals surface area contributed by atoms with Crippen LogP contribution in [0.15, 0.2) is 24.3 Å². The summed E-state index contributed by atoms with van der Waals surface area (Å²) in [6.45, 7) is 3.32. The first-order valence-corrected chi connectivity index (χ1v) is 7.49. The highest BCUT2D eigenvalue weighted by Gasteiger charge is 2.28. The van der Waals surface area contributed by atoms with E-state index in [4.69, 9.17) is 0 Å². The van der Waals surface area contributed by atoms with Crippen molar-refractivity contribution in [3.8, 4) is 0 Å². The Kier molecular flexibility index (Phi) is 5.40. The first-order chi connectivity index (χ1) is 9.59. The van der Waals surface area contributed by atoms with Crippen molar-refractivity contribution in [3.63, 3.8) is 0 Å². The van der Waals surface area contributed by atoms with E-state index in [9.17, 15) is 5.11 Å². The van der Waals surface area contributed by atoms with Gasteiger partial charge in [0.05, 0.1) is 5.60 Å². The van der Waals surface area contributed by atoms with Crippen LogP contribution in [0.1, 0.15) is 18.4 Å². The Balaban J connectivity index is 1.70. The predicted molar refractivity (Wildman–Crippen MR) is 84.4 cm³/mol. The van der Waals surface area contributed by atoms with Crippen molar-refractivity contribution in [2.24, 2.45) is 0 Å². The van der Waals surface area contributed by atoms with Crippen LogP contribution in [0.2, 0.25) is 0 Å². The summed E-state index contributed by atoms with van der Waals surface area (Å²) in [7, 11) is 4.10. The minimum atomic E-state index is -0.562. The lowest BCUT2D eigenvalue weighted by molar-refractivity contribution is 0.0174. The van der Waals surface area contributed by atoms with Crippen LogP contribution in [-0.2, 0) is 6.42 Å². The van der Waals surface area contributed by atoms with E-state index in [1.54, 1.807) is 0 Å². The minimum absolute atomic E-state index is 0.562. The average Bonchev–Trinajstić information content (AvgIpc) is 2.45. The highest BCUT2D eigenvalue weighted by Crippen LogP contribution is 2.15. The van der Waals surface area contributed by atoms with Gasteiger partial charge in [0.25, 0.3) is 0 Å². The van der Waals surface area contributed by atoms with Crippen molar-refractivity contribution in [2.75, 3.05) is 45.2 Å². The Morgan fingerprint density at radius 3 is 2.65 bits per heavy atom. The second-order valence-corrected chi connectivity index (χ2v) is 5.99. The van der Waals surface area contributed by atoms with E-state index >= 15 is 0 Å². The summed E-state index contributed by atoms with van der Waals surface area (Å²) in [5.74, 6) is 0. The molecular weight excluding hydrogens is 250 g/mol. The fourth-order valence-electron chi connectivity index (χ4n) is 2.62. The Morgan fingerprint density at radius 1 is 1.30 bits per heavy atom. The zero-order valence-corrected chi connectivity index (χ0v) is 12.7. The van der Waals surface area contributed by atoms with E-state index in [-0.39, 0.29) is 0 Å². The van der Waals surface area contributed by atoms with Gasteiger partial charge < -0.3 is 20.6 Å². The molecule has 0 unspecified atom stereocenters. The number of nitrogens with one attached hydrogen (secondary N) is 2. The molecule has 1 aliphatic rings. The van der Waals surface area contributed by atoms with Gasteiger partial charge in [-0.2, -0.15) is 0 Å². The summed E-state index contributed by atoms with van der Waals surface area (Å²) in [5, 5.41) is 17.0. The third-order valence-electron chi connectivity index (χ3n) is 3.95. The van der Waals surface area contributed by atoms with Crippen molar-refractivity contribution < 1.29 is 5.11 Å². The molecular formula is C16H27N3O. The zero-order chi connectivity index (χ0) is 14.4. The average molecular weight is 277 g/mol. The van der Waals surface area contributed by atoms with Crippen molar-refractivity contribution in [1.29, 1.82) is 0 Å². The molecule has 0 aliphatic carbocycles. The van der Waals surface area contributed by atoms with Gasteiger partial charge in [-0.15, -0.1) is 0 Å². The van der Waals surface area contributed by atoms with Crippen LogP contribution >= 0.6 is 0 Å². The van der Waals surface area contributed by atoms with E-state index in [1.807, 2.05) is 0 Å². The van der Waals surface area contributed by atoms with Gasteiger partial charge in [-0.05, 0) is 50.0 Å². The van der Waals surface area contributed by atoms with E-state index in [0.717, 1.165) is 32.4 Å². The van der Waals surface area contributed by atoms with Gasteiger partial charge in [-0.3, -0.25) is 0 Å². The van der Waals surface area contributed by atoms with Crippen molar-refractivity contribution in [3.05, 3.63) is 29.8 Å². The number of nitrogens with zero attached hydrogens (tertiary/aromatic N) is 1. The first-order valence-electron chi connectivity index (χ1n) is 7.49. The second kappa shape index (κ2) is 7.07. The molecule has 0 radical (unpaired) electrons. The summed E-state index contributed by atoms with van der Waals surface area (Å²) in [4.78, 5) is 2.10. The van der Waals surface area contributed by atoms with E-state index in [1.165, 1.54) is 11.3 Å². The Hall–Kier alpha value is -1.10. The van der Waals surface area contributed by atoms with E-state index < -0.39 is 5.60 Å². The third-order valence-corrected chi connectivity index (χ3v) is 3.95. The molecule has 1 aromatic rings. The highest BCUT2D eigenvalue weighted by molar-refractivity contribution is 5.46. The normalized spacial score (nSPS) is 22.8. The van der Waals surface area contributed by atoms with Gasteiger partial charge in [0.2, 0.25) is 0 Å². The van der Waals surface area contributed by atoms with Crippen LogP contribution in [0.25, 0.3) is 0 Å². The molecule has 1 aliphatic heterocycles. The van der Waals surface area contributed by atoms with Crippen LogP contribution in [0.4, 0.5) is 5.69 Å². The van der Waals surface area contributed by atoms with Gasteiger partial charge in [-0.1, -0.05) is 12.1 Å². The van der Waals surface area contributed by atoms with Gasteiger partial charge in [0.1, 0.15) is 0 Å². The SMILES string of the molecule is CN(C)c1ccc(CCNC[C@]2(O)CCCNC2)cc1. The quantitative estimate of drug-likeness (QED) is 0.679. The molecule has 0 amide bonds. The number of aliphatic hydroxyl groups is 1. The van der Waals surface area contributed by atoms with Gasteiger partial charge >= 0.3 is 0 Å². The summed E-state index contributed by atoms with van der Waals surface area (Å²) < 4.78 is 0. The third kappa shape index (κ3) is 4.47. The van der Waals surface area contributed by atoms with Gasteiger partial charge in [0, 0.05) is 32.9 Å². The maximum absolute atomic E-state index is 10.3. The first kappa shape index (κ1) is 15.3. The minimum Gasteiger partial charge on any atom is -0.387 e. The van der Waals surface area contributed by atoms with Crippen molar-refractivity contribution >= 4 is 5.69 Å². The molecule has 1 heterocycles. The second-order valence-electron chi connectivity index (χ2n) is 5.99. The number of hydrogen-bond donors (Lipinski definition) is 3. The Bertz CT molecular complexity index is 397. The zero-order valence-electron chi connectivity index (χ0n) is 12.7. The van der Waals surface area contributed by atoms with E-state index in [2.05, 4.69) is 53.9 Å². The molecule has 112 valence electrons. The molecule has 0 aromatic heterocycles. The lowest BCUT2D eigenvalue weighted by Gasteiger charge is -2.32. The molecule has 0 bridgehead atoms. The standard InChI is InChI=1S/C16H27N3O/c1-19(2)15-6-4-14(5-7-15)8-11-18-13-16(20)9-3-10-17-12-16/h4-7,17-18,20H,3,8-13H2,1-2H3/t16-/m0/s1. The molecule has 1 aromatic carbocycles. The number of rotatable bonds is 6. The largest absolute Gasteiger partial charge is 0.387 e. The van der Waals surface area contributed by atoms with Crippen LogP contribution < -0.4 is 15.5 Å². The van der Waals surface area contributed by atoms with Crippen LogP contribution in [0.3, 0.4) is 0 Å². The smallest absolute Gasteiger partial charge is 0.0895 e.